The topological polar surface area (TPSA) is 66.7 Å². The Hall–Kier alpha value is -2.67. The van der Waals surface area contributed by atoms with E-state index in [0.717, 1.165) is 10.0 Å². The molecule has 0 unspecified atom stereocenters. The molecule has 2 heterocycles. The number of hydrogen-bond donors (Lipinski definition) is 1. The molecular weight excluding hydrogens is 384 g/mol. The number of nitrogens with zero attached hydrogens (tertiary/aromatic N) is 3. The first-order chi connectivity index (χ1) is 11.9. The summed E-state index contributed by atoms with van der Waals surface area (Å²) in [5, 5.41) is 2.78. The maximum atomic E-state index is 12.5. The van der Waals surface area contributed by atoms with Crippen LogP contribution in [0.25, 0.3) is 5.65 Å². The normalized spacial score (nSPS) is 10.7. The summed E-state index contributed by atoms with van der Waals surface area (Å²) in [5.41, 5.74) is 2.74. The van der Waals surface area contributed by atoms with Crippen molar-refractivity contribution in [2.24, 2.45) is 0 Å². The number of carbonyl (C=O) groups is 2. The quantitative estimate of drug-likeness (QED) is 0.731. The first-order valence-electron chi connectivity index (χ1n) is 7.69. The van der Waals surface area contributed by atoms with Crippen molar-refractivity contribution in [3.8, 4) is 0 Å². The van der Waals surface area contributed by atoms with Crippen LogP contribution in [0, 0.1) is 6.92 Å². The molecule has 0 saturated heterocycles. The van der Waals surface area contributed by atoms with Gasteiger partial charge in [-0.05, 0) is 52.7 Å². The van der Waals surface area contributed by atoms with Crippen LogP contribution < -0.4 is 5.32 Å². The van der Waals surface area contributed by atoms with Gasteiger partial charge in [-0.1, -0.05) is 12.1 Å². The molecule has 0 bridgehead atoms. The van der Waals surface area contributed by atoms with E-state index in [-0.39, 0.29) is 18.4 Å². The predicted molar refractivity (Wildman–Crippen MR) is 99.7 cm³/mol. The molecule has 128 valence electrons. The first kappa shape index (κ1) is 17.2. The lowest BCUT2D eigenvalue weighted by atomic mass is 10.3. The highest BCUT2D eigenvalue weighted by atomic mass is 79.9. The molecule has 0 atom stereocenters. The molecule has 0 spiro atoms. The predicted octanol–water partition coefficient (Wildman–Crippen LogP) is 3.12. The highest BCUT2D eigenvalue weighted by Gasteiger charge is 2.18. The van der Waals surface area contributed by atoms with Gasteiger partial charge in [0.25, 0.3) is 5.91 Å². The molecule has 1 N–H and O–H groups in total. The smallest absolute Gasteiger partial charge is 0.274 e. The number of para-hydroxylation sites is 1. The molecule has 0 saturated carbocycles. The highest BCUT2D eigenvalue weighted by molar-refractivity contribution is 9.10. The number of anilines is 1. The van der Waals surface area contributed by atoms with Gasteiger partial charge < -0.3 is 14.6 Å². The second-order valence-electron chi connectivity index (χ2n) is 5.78. The number of likely N-dealkylation sites (N-methyl/N-ethyl adjacent to an activating group) is 1. The van der Waals surface area contributed by atoms with Crippen molar-refractivity contribution in [3.05, 3.63) is 64.5 Å². The molecular formula is C18H17BrN4O2. The number of benzene rings is 1. The Morgan fingerprint density at radius 3 is 2.80 bits per heavy atom. The standard InChI is InChI=1S/C18H17BrN4O2/c1-12-7-8-23-10-15(20-16(23)9-12)18(25)22(2)11-17(24)21-14-6-4-3-5-13(14)19/h3-10H,11H2,1-2H3,(H,21,24). The van der Waals surface area contributed by atoms with Crippen LogP contribution >= 0.6 is 15.9 Å². The molecule has 0 aliphatic carbocycles. The largest absolute Gasteiger partial charge is 0.331 e. The van der Waals surface area contributed by atoms with Gasteiger partial charge in [-0.3, -0.25) is 9.59 Å². The van der Waals surface area contributed by atoms with Gasteiger partial charge in [-0.15, -0.1) is 0 Å². The van der Waals surface area contributed by atoms with Gasteiger partial charge in [0.2, 0.25) is 5.91 Å². The van der Waals surface area contributed by atoms with Crippen LogP contribution in [0.4, 0.5) is 5.69 Å². The molecule has 3 aromatic rings. The number of nitrogens with one attached hydrogen (secondary N) is 1. The van der Waals surface area contributed by atoms with Crippen LogP contribution in [0.1, 0.15) is 16.1 Å². The van der Waals surface area contributed by atoms with Gasteiger partial charge in [-0.25, -0.2) is 4.98 Å². The average molecular weight is 401 g/mol. The summed E-state index contributed by atoms with van der Waals surface area (Å²) in [6, 6.07) is 11.2. The van der Waals surface area contributed by atoms with Gasteiger partial charge in [0, 0.05) is 23.9 Å². The molecule has 0 aliphatic rings. The van der Waals surface area contributed by atoms with Gasteiger partial charge in [0.15, 0.2) is 0 Å². The fraction of sp³-hybridized carbons (Fsp3) is 0.167. The van der Waals surface area contributed by atoms with Gasteiger partial charge >= 0.3 is 0 Å². The summed E-state index contributed by atoms with van der Waals surface area (Å²) in [4.78, 5) is 30.4. The van der Waals surface area contributed by atoms with Gasteiger partial charge in [-0.2, -0.15) is 0 Å². The average Bonchev–Trinajstić information content (AvgIpc) is 2.99. The Morgan fingerprint density at radius 2 is 2.04 bits per heavy atom. The summed E-state index contributed by atoms with van der Waals surface area (Å²) in [5.74, 6) is -0.578. The summed E-state index contributed by atoms with van der Waals surface area (Å²) in [7, 11) is 1.58. The SMILES string of the molecule is Cc1ccn2cc(C(=O)N(C)CC(=O)Nc3ccccc3Br)nc2c1. The van der Waals surface area contributed by atoms with E-state index in [2.05, 4.69) is 26.2 Å². The zero-order chi connectivity index (χ0) is 18.0. The minimum atomic E-state index is -0.302. The minimum Gasteiger partial charge on any atom is -0.331 e. The molecule has 0 aliphatic heterocycles. The van der Waals surface area contributed by atoms with Crippen LogP contribution in [0.2, 0.25) is 0 Å². The van der Waals surface area contributed by atoms with E-state index in [1.807, 2.05) is 43.5 Å². The van der Waals surface area contributed by atoms with Crippen molar-refractivity contribution < 1.29 is 9.59 Å². The number of rotatable bonds is 4. The van der Waals surface area contributed by atoms with Crippen LogP contribution in [0.3, 0.4) is 0 Å². The number of aryl methyl sites for hydroxylation is 1. The van der Waals surface area contributed by atoms with Crippen molar-refractivity contribution in [1.29, 1.82) is 0 Å². The van der Waals surface area contributed by atoms with Crippen molar-refractivity contribution in [3.63, 3.8) is 0 Å². The van der Waals surface area contributed by atoms with E-state index < -0.39 is 0 Å². The first-order valence-corrected chi connectivity index (χ1v) is 8.48. The Bertz CT molecular complexity index is 951. The Kier molecular flexibility index (Phi) is 4.85. The lowest BCUT2D eigenvalue weighted by molar-refractivity contribution is -0.116. The molecule has 2 aromatic heterocycles. The fourth-order valence-corrected chi connectivity index (χ4v) is 2.81. The molecule has 0 radical (unpaired) electrons. The van der Waals surface area contributed by atoms with Crippen LogP contribution in [0.15, 0.2) is 53.3 Å². The number of fused-ring (bicyclic) bond motifs is 1. The second-order valence-corrected chi connectivity index (χ2v) is 6.64. The number of carbonyl (C=O) groups excluding carboxylic acids is 2. The fourth-order valence-electron chi connectivity index (χ4n) is 2.42. The Morgan fingerprint density at radius 1 is 1.28 bits per heavy atom. The number of hydrogen-bond acceptors (Lipinski definition) is 3. The summed E-state index contributed by atoms with van der Waals surface area (Å²) >= 11 is 3.37. The maximum absolute atomic E-state index is 12.5. The third kappa shape index (κ3) is 3.88. The third-order valence-corrected chi connectivity index (χ3v) is 4.40. The van der Waals surface area contributed by atoms with Crippen LogP contribution in [-0.2, 0) is 4.79 Å². The van der Waals surface area contributed by atoms with Crippen molar-refractivity contribution in [2.45, 2.75) is 6.92 Å². The molecule has 0 fully saturated rings. The second kappa shape index (κ2) is 7.06. The van der Waals surface area contributed by atoms with E-state index in [4.69, 9.17) is 0 Å². The lowest BCUT2D eigenvalue weighted by Crippen LogP contribution is -2.35. The summed E-state index contributed by atoms with van der Waals surface area (Å²) in [6.45, 7) is 1.90. The molecule has 1 aromatic carbocycles. The molecule has 25 heavy (non-hydrogen) atoms. The number of pyridine rings is 1. The number of halogens is 1. The number of amides is 2. The van der Waals surface area contributed by atoms with E-state index in [0.29, 0.717) is 17.0 Å². The Balaban J connectivity index is 1.69. The van der Waals surface area contributed by atoms with Crippen molar-refractivity contribution in [2.75, 3.05) is 18.9 Å². The van der Waals surface area contributed by atoms with E-state index in [9.17, 15) is 9.59 Å². The summed E-state index contributed by atoms with van der Waals surface area (Å²) in [6.07, 6.45) is 3.52. The highest BCUT2D eigenvalue weighted by Crippen LogP contribution is 2.21. The van der Waals surface area contributed by atoms with E-state index in [1.54, 1.807) is 23.7 Å². The van der Waals surface area contributed by atoms with E-state index in [1.165, 1.54) is 4.90 Å². The van der Waals surface area contributed by atoms with Crippen LogP contribution in [-0.4, -0.2) is 39.7 Å². The van der Waals surface area contributed by atoms with Crippen molar-refractivity contribution >= 4 is 39.1 Å². The third-order valence-electron chi connectivity index (χ3n) is 3.71. The molecule has 6 nitrogen and oxygen atoms in total. The van der Waals surface area contributed by atoms with Gasteiger partial charge in [0.05, 0.1) is 12.2 Å². The number of imidazole rings is 1. The minimum absolute atomic E-state index is 0.0624. The molecule has 2 amide bonds. The van der Waals surface area contributed by atoms with Crippen molar-refractivity contribution in [1.82, 2.24) is 14.3 Å². The molecule has 7 heteroatoms. The number of aromatic nitrogens is 2. The lowest BCUT2D eigenvalue weighted by Gasteiger charge is -2.15. The Labute approximate surface area is 153 Å². The van der Waals surface area contributed by atoms with Gasteiger partial charge in [0.1, 0.15) is 11.3 Å². The van der Waals surface area contributed by atoms with Crippen LogP contribution in [0.5, 0.6) is 0 Å². The zero-order valence-corrected chi connectivity index (χ0v) is 15.4. The summed E-state index contributed by atoms with van der Waals surface area (Å²) < 4.78 is 2.57. The zero-order valence-electron chi connectivity index (χ0n) is 13.9. The monoisotopic (exact) mass is 400 g/mol. The maximum Gasteiger partial charge on any atom is 0.274 e. The van der Waals surface area contributed by atoms with E-state index >= 15 is 0 Å². The molecule has 3 rings (SSSR count).